The monoisotopic (exact) mass is 347 g/mol. The van der Waals surface area contributed by atoms with Gasteiger partial charge in [0.25, 0.3) is 0 Å². The van der Waals surface area contributed by atoms with Gasteiger partial charge in [-0.05, 0) is 41.0 Å². The molecule has 0 atom stereocenters. The molecule has 144 valence electrons. The third-order valence-electron chi connectivity index (χ3n) is 4.65. The van der Waals surface area contributed by atoms with E-state index in [0.717, 1.165) is 25.4 Å². The summed E-state index contributed by atoms with van der Waals surface area (Å²) in [5.74, 6) is 1.03. The van der Waals surface area contributed by atoms with Gasteiger partial charge in [0.1, 0.15) is 12.4 Å². The Kier molecular flexibility index (Phi) is 8.99. The lowest BCUT2D eigenvalue weighted by Gasteiger charge is -2.27. The number of unbranched alkanes of at least 4 members (excludes halogenated alkanes) is 4. The van der Waals surface area contributed by atoms with Crippen LogP contribution in [-0.4, -0.2) is 19.7 Å². The van der Waals surface area contributed by atoms with Crippen molar-refractivity contribution in [2.24, 2.45) is 0 Å². The second-order valence-corrected chi connectivity index (χ2v) is 9.22. The highest BCUT2D eigenvalue weighted by Crippen LogP contribution is 2.35. The summed E-state index contributed by atoms with van der Waals surface area (Å²) in [6.07, 6.45) is 6.65. The molecular formula is C23H41NO. The third kappa shape index (κ3) is 8.27. The highest BCUT2D eigenvalue weighted by Gasteiger charge is 2.22. The van der Waals surface area contributed by atoms with Crippen molar-refractivity contribution in [3.63, 3.8) is 0 Å². The molecule has 0 heterocycles. The summed E-state index contributed by atoms with van der Waals surface area (Å²) in [5.41, 5.74) is 2.93. The molecule has 0 radical (unpaired) electrons. The van der Waals surface area contributed by atoms with Gasteiger partial charge in [0.2, 0.25) is 0 Å². The highest BCUT2D eigenvalue weighted by molar-refractivity contribution is 5.43. The zero-order valence-corrected chi connectivity index (χ0v) is 17.8. The summed E-state index contributed by atoms with van der Waals surface area (Å²) >= 11 is 0. The standard InChI is InChI=1S/C23H41NO/c1-8-9-10-11-12-15-24-16-17-25-21-14-13-19(22(2,3)4)18-20(21)23(5,6)7/h13-14,18,24H,8-12,15-17H2,1-7H3. The van der Waals surface area contributed by atoms with Gasteiger partial charge in [0.15, 0.2) is 0 Å². The van der Waals surface area contributed by atoms with Gasteiger partial charge in [-0.3, -0.25) is 0 Å². The molecule has 0 spiro atoms. The van der Waals surface area contributed by atoms with Crippen LogP contribution >= 0.6 is 0 Å². The molecule has 1 aromatic rings. The Balaban J connectivity index is 2.50. The van der Waals surface area contributed by atoms with Gasteiger partial charge < -0.3 is 10.1 Å². The molecule has 0 unspecified atom stereocenters. The van der Waals surface area contributed by atoms with E-state index in [0.29, 0.717) is 0 Å². The molecule has 0 saturated carbocycles. The van der Waals surface area contributed by atoms with Gasteiger partial charge in [-0.2, -0.15) is 0 Å². The average Bonchev–Trinajstić information content (AvgIpc) is 2.51. The molecule has 1 aromatic carbocycles. The van der Waals surface area contributed by atoms with Gasteiger partial charge in [-0.15, -0.1) is 0 Å². The lowest BCUT2D eigenvalue weighted by molar-refractivity contribution is 0.305. The molecule has 0 aromatic heterocycles. The summed E-state index contributed by atoms with van der Waals surface area (Å²) in [5, 5.41) is 3.50. The van der Waals surface area contributed by atoms with E-state index in [1.54, 1.807) is 0 Å². The van der Waals surface area contributed by atoms with Crippen LogP contribution < -0.4 is 10.1 Å². The van der Waals surface area contributed by atoms with Crippen LogP contribution in [0.2, 0.25) is 0 Å². The fourth-order valence-corrected chi connectivity index (χ4v) is 2.92. The zero-order valence-electron chi connectivity index (χ0n) is 17.8. The fraction of sp³-hybridized carbons (Fsp3) is 0.739. The summed E-state index contributed by atoms with van der Waals surface area (Å²) in [7, 11) is 0. The first-order chi connectivity index (χ1) is 11.7. The zero-order chi connectivity index (χ0) is 18.9. The first-order valence-corrected chi connectivity index (χ1v) is 10.1. The molecule has 2 nitrogen and oxygen atoms in total. The summed E-state index contributed by atoms with van der Waals surface area (Å²) in [4.78, 5) is 0. The number of hydrogen-bond donors (Lipinski definition) is 1. The quantitative estimate of drug-likeness (QED) is 0.507. The lowest BCUT2D eigenvalue weighted by atomic mass is 9.80. The maximum Gasteiger partial charge on any atom is 0.123 e. The van der Waals surface area contributed by atoms with Gasteiger partial charge in [-0.25, -0.2) is 0 Å². The third-order valence-corrected chi connectivity index (χ3v) is 4.65. The predicted molar refractivity (Wildman–Crippen MR) is 111 cm³/mol. The Morgan fingerprint density at radius 1 is 0.840 bits per heavy atom. The van der Waals surface area contributed by atoms with E-state index >= 15 is 0 Å². The van der Waals surface area contributed by atoms with E-state index in [1.165, 1.54) is 43.2 Å². The summed E-state index contributed by atoms with van der Waals surface area (Å²) in [6.45, 7) is 18.6. The maximum atomic E-state index is 6.11. The topological polar surface area (TPSA) is 21.3 Å². The van der Waals surface area contributed by atoms with Crippen molar-refractivity contribution in [2.75, 3.05) is 19.7 Å². The van der Waals surface area contributed by atoms with Crippen molar-refractivity contribution >= 4 is 0 Å². The van der Waals surface area contributed by atoms with Crippen molar-refractivity contribution in [1.29, 1.82) is 0 Å². The molecule has 0 amide bonds. The average molecular weight is 348 g/mol. The van der Waals surface area contributed by atoms with Crippen LogP contribution in [0.3, 0.4) is 0 Å². The van der Waals surface area contributed by atoms with Crippen LogP contribution in [0, 0.1) is 0 Å². The smallest absolute Gasteiger partial charge is 0.123 e. The molecule has 0 saturated heterocycles. The molecule has 25 heavy (non-hydrogen) atoms. The molecule has 1 rings (SSSR count). The van der Waals surface area contributed by atoms with E-state index in [4.69, 9.17) is 4.74 Å². The number of hydrogen-bond acceptors (Lipinski definition) is 2. The minimum atomic E-state index is 0.0866. The first-order valence-electron chi connectivity index (χ1n) is 10.1. The van der Waals surface area contributed by atoms with Crippen LogP contribution in [0.25, 0.3) is 0 Å². The highest BCUT2D eigenvalue weighted by atomic mass is 16.5. The Labute approximate surface area is 156 Å². The van der Waals surface area contributed by atoms with E-state index in [2.05, 4.69) is 72.0 Å². The largest absolute Gasteiger partial charge is 0.492 e. The van der Waals surface area contributed by atoms with Gasteiger partial charge in [-0.1, -0.05) is 86.3 Å². The molecule has 2 heteroatoms. The molecule has 0 aliphatic rings. The molecule has 1 N–H and O–H groups in total. The van der Waals surface area contributed by atoms with Crippen molar-refractivity contribution in [1.82, 2.24) is 5.32 Å². The van der Waals surface area contributed by atoms with Crippen LogP contribution in [0.1, 0.15) is 91.7 Å². The van der Waals surface area contributed by atoms with E-state index in [1.807, 2.05) is 0 Å². The molecule has 0 fully saturated rings. The van der Waals surface area contributed by atoms with Crippen molar-refractivity contribution in [3.05, 3.63) is 29.3 Å². The minimum Gasteiger partial charge on any atom is -0.492 e. The maximum absolute atomic E-state index is 6.11. The van der Waals surface area contributed by atoms with Crippen molar-refractivity contribution in [2.45, 2.75) is 91.4 Å². The lowest BCUT2D eigenvalue weighted by Crippen LogP contribution is -2.23. The van der Waals surface area contributed by atoms with Crippen LogP contribution in [0.4, 0.5) is 0 Å². The fourth-order valence-electron chi connectivity index (χ4n) is 2.92. The summed E-state index contributed by atoms with van der Waals surface area (Å²) in [6, 6.07) is 6.70. The molecule has 0 aliphatic carbocycles. The first kappa shape index (κ1) is 22.0. The van der Waals surface area contributed by atoms with Crippen molar-refractivity contribution in [3.8, 4) is 5.75 Å². The summed E-state index contributed by atoms with van der Waals surface area (Å²) < 4.78 is 6.11. The van der Waals surface area contributed by atoms with Crippen LogP contribution in [0.15, 0.2) is 18.2 Å². The second kappa shape index (κ2) is 10.2. The number of benzene rings is 1. The molecule has 0 aliphatic heterocycles. The number of rotatable bonds is 10. The minimum absolute atomic E-state index is 0.0866. The van der Waals surface area contributed by atoms with Crippen LogP contribution in [0.5, 0.6) is 5.75 Å². The Bertz CT molecular complexity index is 494. The van der Waals surface area contributed by atoms with E-state index in [-0.39, 0.29) is 10.8 Å². The SMILES string of the molecule is CCCCCCCNCCOc1ccc(C(C)(C)C)cc1C(C)(C)C. The predicted octanol–water partition coefficient (Wildman–Crippen LogP) is 6.22. The normalized spacial score (nSPS) is 12.4. The van der Waals surface area contributed by atoms with Crippen LogP contribution in [-0.2, 0) is 10.8 Å². The number of ether oxygens (including phenoxy) is 1. The molecular weight excluding hydrogens is 306 g/mol. The molecule has 0 bridgehead atoms. The van der Waals surface area contributed by atoms with E-state index < -0.39 is 0 Å². The number of nitrogens with one attached hydrogen (secondary N) is 1. The van der Waals surface area contributed by atoms with E-state index in [9.17, 15) is 0 Å². The van der Waals surface area contributed by atoms with Crippen molar-refractivity contribution < 1.29 is 4.74 Å². The Morgan fingerprint density at radius 2 is 1.52 bits per heavy atom. The Morgan fingerprint density at radius 3 is 2.12 bits per heavy atom. The van der Waals surface area contributed by atoms with Gasteiger partial charge in [0.05, 0.1) is 0 Å². The van der Waals surface area contributed by atoms with Gasteiger partial charge in [0, 0.05) is 6.54 Å². The second-order valence-electron chi connectivity index (χ2n) is 9.22. The van der Waals surface area contributed by atoms with Gasteiger partial charge >= 0.3 is 0 Å². The Hall–Kier alpha value is -1.02.